The molecule has 3 nitrogen and oxygen atoms in total. The Morgan fingerprint density at radius 1 is 1.47 bits per heavy atom. The van der Waals surface area contributed by atoms with Crippen molar-refractivity contribution in [3.8, 4) is 0 Å². The Kier molecular flexibility index (Phi) is 3.24. The molecule has 0 unspecified atom stereocenters. The Hall–Kier alpha value is -1.29. The largest absolute Gasteiger partial charge is 0.512 e. The van der Waals surface area contributed by atoms with Crippen LogP contribution in [0.1, 0.15) is 38.1 Å². The van der Waals surface area contributed by atoms with Gasteiger partial charge in [-0.05, 0) is 46.5 Å². The third kappa shape index (κ3) is 2.52. The van der Waals surface area contributed by atoms with E-state index in [2.05, 4.69) is 34.8 Å². The highest BCUT2D eigenvalue weighted by Crippen LogP contribution is 2.30. The van der Waals surface area contributed by atoms with Crippen molar-refractivity contribution in [1.82, 2.24) is 4.98 Å². The molecule has 0 aliphatic heterocycles. The van der Waals surface area contributed by atoms with Crippen LogP contribution in [0.3, 0.4) is 0 Å². The van der Waals surface area contributed by atoms with E-state index < -0.39 is 0 Å². The maximum Gasteiger partial charge on any atom is 0.223 e. The minimum Gasteiger partial charge on any atom is -0.512 e. The van der Waals surface area contributed by atoms with Crippen LogP contribution < -0.4 is 0 Å². The Morgan fingerprint density at radius 3 is 2.76 bits per heavy atom. The van der Waals surface area contributed by atoms with Gasteiger partial charge in [0.25, 0.3) is 0 Å². The van der Waals surface area contributed by atoms with Crippen LogP contribution in [-0.4, -0.2) is 10.1 Å². The van der Waals surface area contributed by atoms with E-state index in [1.807, 2.05) is 12.1 Å². The highest BCUT2D eigenvalue weighted by atomic mass is 79.9. The van der Waals surface area contributed by atoms with Crippen LogP contribution in [0.2, 0.25) is 0 Å². The van der Waals surface area contributed by atoms with Crippen molar-refractivity contribution in [3.63, 3.8) is 0 Å². The lowest BCUT2D eigenvalue weighted by atomic mass is 10.0. The van der Waals surface area contributed by atoms with Gasteiger partial charge in [0.15, 0.2) is 5.58 Å². The van der Waals surface area contributed by atoms with Gasteiger partial charge in [0.05, 0.1) is 10.2 Å². The Bertz CT molecular complexity index is 580. The molecule has 1 N–H and O–H groups in total. The average molecular weight is 296 g/mol. The van der Waals surface area contributed by atoms with Crippen molar-refractivity contribution in [1.29, 1.82) is 0 Å². The van der Waals surface area contributed by atoms with Gasteiger partial charge in [0, 0.05) is 6.08 Å². The van der Waals surface area contributed by atoms with Crippen molar-refractivity contribution >= 4 is 33.1 Å². The molecule has 4 heteroatoms. The first-order valence-corrected chi connectivity index (χ1v) is 6.24. The zero-order valence-corrected chi connectivity index (χ0v) is 11.6. The van der Waals surface area contributed by atoms with E-state index in [4.69, 9.17) is 4.42 Å². The number of benzene rings is 1. The molecule has 0 saturated carbocycles. The topological polar surface area (TPSA) is 46.3 Å². The van der Waals surface area contributed by atoms with Crippen molar-refractivity contribution in [2.45, 2.75) is 26.7 Å². The first kappa shape index (κ1) is 12.2. The molecule has 0 aliphatic rings. The molecule has 1 aromatic heterocycles. The predicted molar refractivity (Wildman–Crippen MR) is 72.1 cm³/mol. The molecule has 0 radical (unpaired) electrons. The summed E-state index contributed by atoms with van der Waals surface area (Å²) in [6, 6.07) is 4.05. The third-order valence-electron chi connectivity index (χ3n) is 2.48. The number of rotatable bonds is 2. The number of aromatic nitrogens is 1. The van der Waals surface area contributed by atoms with Gasteiger partial charge < -0.3 is 9.52 Å². The molecule has 0 saturated heterocycles. The number of aliphatic hydroxyl groups is 1. The maximum absolute atomic E-state index is 9.19. The van der Waals surface area contributed by atoms with Gasteiger partial charge in [-0.25, -0.2) is 4.98 Å². The molecule has 0 fully saturated rings. The summed E-state index contributed by atoms with van der Waals surface area (Å²) in [7, 11) is 0. The highest BCUT2D eigenvalue weighted by molar-refractivity contribution is 9.10. The van der Waals surface area contributed by atoms with Crippen molar-refractivity contribution in [3.05, 3.63) is 33.8 Å². The molecule has 2 rings (SSSR count). The third-order valence-corrected chi connectivity index (χ3v) is 3.07. The van der Waals surface area contributed by atoms with Crippen LogP contribution in [0.4, 0.5) is 0 Å². The number of hydrogen-bond acceptors (Lipinski definition) is 3. The highest BCUT2D eigenvalue weighted by Gasteiger charge is 2.11. The molecule has 2 aromatic rings. The summed E-state index contributed by atoms with van der Waals surface area (Å²) in [4.78, 5) is 4.32. The standard InChI is InChI=1S/C13H14BrNO2/c1-7(2)9-5-10(14)13-11(6-9)15-12(17-13)4-8(3)16/h4-7,16H,1-3H3. The van der Waals surface area contributed by atoms with E-state index in [0.29, 0.717) is 17.4 Å². The van der Waals surface area contributed by atoms with Gasteiger partial charge in [-0.15, -0.1) is 0 Å². The number of allylic oxidation sites excluding steroid dienone is 1. The molecule has 1 heterocycles. The number of nitrogens with zero attached hydrogens (tertiary/aromatic N) is 1. The van der Waals surface area contributed by atoms with E-state index in [-0.39, 0.29) is 5.76 Å². The van der Waals surface area contributed by atoms with Gasteiger partial charge in [0.1, 0.15) is 5.52 Å². The number of halogens is 1. The fraction of sp³-hybridized carbons (Fsp3) is 0.308. The van der Waals surface area contributed by atoms with Crippen LogP contribution >= 0.6 is 15.9 Å². The smallest absolute Gasteiger partial charge is 0.223 e. The summed E-state index contributed by atoms with van der Waals surface area (Å²) in [6.07, 6.45) is 1.50. The number of oxazole rings is 1. The normalized spacial score (nSPS) is 12.6. The second-order valence-corrected chi connectivity index (χ2v) is 5.20. The average Bonchev–Trinajstić information content (AvgIpc) is 2.59. The Labute approximate surface area is 108 Å². The fourth-order valence-electron chi connectivity index (χ4n) is 1.60. The zero-order valence-electron chi connectivity index (χ0n) is 9.99. The Morgan fingerprint density at radius 2 is 2.18 bits per heavy atom. The molecule has 90 valence electrons. The summed E-state index contributed by atoms with van der Waals surface area (Å²) in [5, 5.41) is 9.19. The predicted octanol–water partition coefficient (Wildman–Crippen LogP) is 4.63. The van der Waals surface area contributed by atoms with Crippen LogP contribution in [-0.2, 0) is 0 Å². The van der Waals surface area contributed by atoms with Crippen molar-refractivity contribution in [2.24, 2.45) is 0 Å². The van der Waals surface area contributed by atoms with Gasteiger partial charge in [0.2, 0.25) is 5.89 Å². The van der Waals surface area contributed by atoms with Crippen LogP contribution in [0.25, 0.3) is 17.2 Å². The molecule has 0 bridgehead atoms. The van der Waals surface area contributed by atoms with Gasteiger partial charge in [-0.1, -0.05) is 13.8 Å². The summed E-state index contributed by atoms with van der Waals surface area (Å²) in [5.41, 5.74) is 2.71. The van der Waals surface area contributed by atoms with E-state index >= 15 is 0 Å². The summed E-state index contributed by atoms with van der Waals surface area (Å²) in [6.45, 7) is 5.85. The number of hydrogen-bond donors (Lipinski definition) is 1. The molecular weight excluding hydrogens is 282 g/mol. The van der Waals surface area contributed by atoms with Crippen LogP contribution in [0.15, 0.2) is 26.8 Å². The molecule has 1 aromatic carbocycles. The summed E-state index contributed by atoms with van der Waals surface area (Å²) >= 11 is 3.48. The van der Waals surface area contributed by atoms with E-state index in [9.17, 15) is 5.11 Å². The van der Waals surface area contributed by atoms with E-state index in [1.54, 1.807) is 6.92 Å². The molecule has 0 aliphatic carbocycles. The lowest BCUT2D eigenvalue weighted by molar-refractivity contribution is 0.417. The molecule has 0 atom stereocenters. The number of aliphatic hydroxyl groups excluding tert-OH is 1. The SMILES string of the molecule is CC(O)=Cc1nc2cc(C(C)C)cc(Br)c2o1. The minimum absolute atomic E-state index is 0.178. The second-order valence-electron chi connectivity index (χ2n) is 4.34. The van der Waals surface area contributed by atoms with Gasteiger partial charge in [-0.2, -0.15) is 0 Å². The van der Waals surface area contributed by atoms with Gasteiger partial charge in [-0.3, -0.25) is 0 Å². The van der Waals surface area contributed by atoms with Gasteiger partial charge >= 0.3 is 0 Å². The zero-order chi connectivity index (χ0) is 12.6. The number of fused-ring (bicyclic) bond motifs is 1. The van der Waals surface area contributed by atoms with E-state index in [0.717, 1.165) is 9.99 Å². The van der Waals surface area contributed by atoms with Crippen LogP contribution in [0, 0.1) is 0 Å². The first-order chi connectivity index (χ1) is 7.97. The summed E-state index contributed by atoms with van der Waals surface area (Å²) < 4.78 is 6.44. The van der Waals surface area contributed by atoms with Crippen molar-refractivity contribution in [2.75, 3.05) is 0 Å². The van der Waals surface area contributed by atoms with Crippen LogP contribution in [0.5, 0.6) is 0 Å². The maximum atomic E-state index is 9.19. The monoisotopic (exact) mass is 295 g/mol. The van der Waals surface area contributed by atoms with E-state index in [1.165, 1.54) is 11.6 Å². The molecule has 17 heavy (non-hydrogen) atoms. The lowest BCUT2D eigenvalue weighted by Crippen LogP contribution is -1.87. The molecule has 0 spiro atoms. The molecule has 0 amide bonds. The summed E-state index contributed by atoms with van der Waals surface area (Å²) in [5.74, 6) is 1.03. The molecular formula is C13H14BrNO2. The Balaban J connectivity index is 2.60. The second kappa shape index (κ2) is 4.53. The van der Waals surface area contributed by atoms with Crippen molar-refractivity contribution < 1.29 is 9.52 Å². The fourth-order valence-corrected chi connectivity index (χ4v) is 2.15. The lowest BCUT2D eigenvalue weighted by Gasteiger charge is -2.04. The minimum atomic E-state index is 0.178. The first-order valence-electron chi connectivity index (χ1n) is 5.44. The quantitative estimate of drug-likeness (QED) is 0.822.